The van der Waals surface area contributed by atoms with Crippen LogP contribution in [0.5, 0.6) is 0 Å². The highest BCUT2D eigenvalue weighted by molar-refractivity contribution is 5.85. The van der Waals surface area contributed by atoms with Crippen molar-refractivity contribution in [1.29, 1.82) is 0 Å². The molecule has 2 unspecified atom stereocenters. The molecular formula is C15H23N3O. The highest BCUT2D eigenvalue weighted by Gasteiger charge is 2.36. The summed E-state index contributed by atoms with van der Waals surface area (Å²) in [5.41, 5.74) is 7.45. The van der Waals surface area contributed by atoms with Crippen molar-refractivity contribution < 1.29 is 4.79 Å². The lowest BCUT2D eigenvalue weighted by Crippen LogP contribution is -2.60. The average molecular weight is 261 g/mol. The van der Waals surface area contributed by atoms with E-state index in [2.05, 4.69) is 35.3 Å². The van der Waals surface area contributed by atoms with E-state index in [4.69, 9.17) is 5.73 Å². The molecule has 3 N–H and O–H groups in total. The summed E-state index contributed by atoms with van der Waals surface area (Å²) >= 11 is 0. The van der Waals surface area contributed by atoms with E-state index in [-0.39, 0.29) is 5.91 Å². The lowest BCUT2D eigenvalue weighted by Gasteiger charge is -2.35. The number of primary amides is 1. The maximum Gasteiger partial charge on any atom is 0.239 e. The van der Waals surface area contributed by atoms with Gasteiger partial charge in [-0.3, -0.25) is 4.79 Å². The molecule has 1 aliphatic rings. The number of amides is 1. The number of carbonyl (C=O) groups is 1. The molecular weight excluding hydrogens is 238 g/mol. The molecule has 4 nitrogen and oxygen atoms in total. The first-order chi connectivity index (χ1) is 8.98. The number of nitrogens with two attached hydrogens (primary N) is 1. The summed E-state index contributed by atoms with van der Waals surface area (Å²) in [6.07, 6.45) is 1.02. The minimum absolute atomic E-state index is 0.300. The number of likely N-dealkylation sites (N-methyl/N-ethyl adjacent to an activating group) is 1. The molecule has 0 aliphatic carbocycles. The van der Waals surface area contributed by atoms with Crippen molar-refractivity contribution in [1.82, 2.24) is 5.32 Å². The lowest BCUT2D eigenvalue weighted by atomic mass is 10.00. The Kier molecular flexibility index (Phi) is 3.80. The van der Waals surface area contributed by atoms with Gasteiger partial charge in [-0.25, -0.2) is 0 Å². The quantitative estimate of drug-likeness (QED) is 0.839. The second-order valence-electron chi connectivity index (χ2n) is 5.54. The molecule has 0 saturated heterocycles. The van der Waals surface area contributed by atoms with Crippen molar-refractivity contribution in [3.8, 4) is 0 Å². The van der Waals surface area contributed by atoms with Crippen LogP contribution in [0.25, 0.3) is 0 Å². The van der Waals surface area contributed by atoms with E-state index in [0.29, 0.717) is 12.6 Å². The molecule has 1 aromatic carbocycles. The van der Waals surface area contributed by atoms with Gasteiger partial charge in [-0.15, -0.1) is 0 Å². The molecule has 2 atom stereocenters. The third-order valence-corrected chi connectivity index (χ3v) is 3.95. The monoisotopic (exact) mass is 261 g/mol. The Morgan fingerprint density at radius 1 is 1.53 bits per heavy atom. The van der Waals surface area contributed by atoms with E-state index in [1.807, 2.05) is 19.9 Å². The van der Waals surface area contributed by atoms with E-state index in [0.717, 1.165) is 13.0 Å². The standard InChI is InChI=1S/C15H23N3O/c1-4-17-15(3,14(16)19)10-18-11(2)9-12-7-5-6-8-13(12)18/h5-8,11,17H,4,9-10H2,1-3H3,(H2,16,19). The molecule has 2 rings (SSSR count). The number of fused-ring (bicyclic) bond motifs is 1. The fourth-order valence-electron chi connectivity index (χ4n) is 2.82. The van der Waals surface area contributed by atoms with Crippen LogP contribution < -0.4 is 16.0 Å². The van der Waals surface area contributed by atoms with E-state index in [1.54, 1.807) is 0 Å². The van der Waals surface area contributed by atoms with Gasteiger partial charge in [0.2, 0.25) is 5.91 Å². The van der Waals surface area contributed by atoms with Crippen molar-refractivity contribution in [2.24, 2.45) is 5.73 Å². The fraction of sp³-hybridized carbons (Fsp3) is 0.533. The average Bonchev–Trinajstić information content (AvgIpc) is 2.66. The molecule has 4 heteroatoms. The number of hydrogen-bond donors (Lipinski definition) is 2. The number of nitrogens with one attached hydrogen (secondary N) is 1. The molecule has 1 aromatic rings. The third kappa shape index (κ3) is 2.59. The number of benzene rings is 1. The van der Waals surface area contributed by atoms with Crippen LogP contribution in [-0.4, -0.2) is 30.6 Å². The van der Waals surface area contributed by atoms with Gasteiger partial charge in [0, 0.05) is 18.3 Å². The van der Waals surface area contributed by atoms with Gasteiger partial charge in [0.1, 0.15) is 5.54 Å². The number of nitrogens with zero attached hydrogens (tertiary/aromatic N) is 1. The van der Waals surface area contributed by atoms with Gasteiger partial charge in [-0.1, -0.05) is 25.1 Å². The summed E-state index contributed by atoms with van der Waals surface area (Å²) in [6.45, 7) is 7.39. The van der Waals surface area contributed by atoms with Gasteiger partial charge in [0.05, 0.1) is 0 Å². The molecule has 1 heterocycles. The Morgan fingerprint density at radius 2 is 2.21 bits per heavy atom. The van der Waals surface area contributed by atoms with Crippen LogP contribution in [0.15, 0.2) is 24.3 Å². The van der Waals surface area contributed by atoms with Crippen LogP contribution in [0.2, 0.25) is 0 Å². The molecule has 1 aliphatic heterocycles. The molecule has 0 aromatic heterocycles. The predicted molar refractivity (Wildman–Crippen MR) is 78.2 cm³/mol. The van der Waals surface area contributed by atoms with Crippen LogP contribution in [0.3, 0.4) is 0 Å². The van der Waals surface area contributed by atoms with Crippen molar-refractivity contribution in [3.05, 3.63) is 29.8 Å². The molecule has 0 radical (unpaired) electrons. The number of carbonyl (C=O) groups excluding carboxylic acids is 1. The van der Waals surface area contributed by atoms with Crippen molar-refractivity contribution in [2.45, 2.75) is 38.8 Å². The summed E-state index contributed by atoms with van der Waals surface area (Å²) in [5.74, 6) is -0.300. The van der Waals surface area contributed by atoms with Gasteiger partial charge in [-0.2, -0.15) is 0 Å². The molecule has 0 bridgehead atoms. The van der Waals surface area contributed by atoms with Gasteiger partial charge in [0.15, 0.2) is 0 Å². The Morgan fingerprint density at radius 3 is 2.84 bits per heavy atom. The SMILES string of the molecule is CCNC(C)(CN1c2ccccc2CC1C)C(N)=O. The van der Waals surface area contributed by atoms with Crippen molar-refractivity contribution in [2.75, 3.05) is 18.0 Å². The highest BCUT2D eigenvalue weighted by atomic mass is 16.1. The summed E-state index contributed by atoms with van der Waals surface area (Å²) in [4.78, 5) is 14.0. The first-order valence-electron chi connectivity index (χ1n) is 6.87. The molecule has 19 heavy (non-hydrogen) atoms. The zero-order valence-corrected chi connectivity index (χ0v) is 11.9. The predicted octanol–water partition coefficient (Wildman–Crippen LogP) is 1.29. The van der Waals surface area contributed by atoms with E-state index >= 15 is 0 Å². The minimum atomic E-state index is -0.694. The summed E-state index contributed by atoms with van der Waals surface area (Å²) in [6, 6.07) is 8.77. The van der Waals surface area contributed by atoms with Crippen LogP contribution in [0.1, 0.15) is 26.3 Å². The van der Waals surface area contributed by atoms with Gasteiger partial charge >= 0.3 is 0 Å². The second kappa shape index (κ2) is 5.21. The van der Waals surface area contributed by atoms with Crippen LogP contribution in [0.4, 0.5) is 5.69 Å². The van der Waals surface area contributed by atoms with Gasteiger partial charge in [0.25, 0.3) is 0 Å². The fourth-order valence-corrected chi connectivity index (χ4v) is 2.82. The molecule has 1 amide bonds. The molecule has 0 spiro atoms. The minimum Gasteiger partial charge on any atom is -0.368 e. The third-order valence-electron chi connectivity index (χ3n) is 3.95. The first kappa shape index (κ1) is 13.9. The molecule has 104 valence electrons. The Labute approximate surface area is 115 Å². The molecule has 0 saturated carbocycles. The van der Waals surface area contributed by atoms with E-state index < -0.39 is 5.54 Å². The van der Waals surface area contributed by atoms with Crippen molar-refractivity contribution >= 4 is 11.6 Å². The van der Waals surface area contributed by atoms with Crippen LogP contribution in [0, 0.1) is 0 Å². The lowest BCUT2D eigenvalue weighted by molar-refractivity contribution is -0.123. The highest BCUT2D eigenvalue weighted by Crippen LogP contribution is 2.32. The van der Waals surface area contributed by atoms with E-state index in [1.165, 1.54) is 11.3 Å². The smallest absolute Gasteiger partial charge is 0.239 e. The largest absolute Gasteiger partial charge is 0.368 e. The summed E-state index contributed by atoms with van der Waals surface area (Å²) in [5, 5.41) is 3.22. The van der Waals surface area contributed by atoms with Gasteiger partial charge < -0.3 is 16.0 Å². The Bertz CT molecular complexity index is 474. The Balaban J connectivity index is 2.25. The number of anilines is 1. The normalized spacial score (nSPS) is 21.0. The first-order valence-corrected chi connectivity index (χ1v) is 6.87. The van der Waals surface area contributed by atoms with Gasteiger partial charge in [-0.05, 0) is 38.4 Å². The maximum atomic E-state index is 11.8. The van der Waals surface area contributed by atoms with Crippen LogP contribution in [-0.2, 0) is 11.2 Å². The number of para-hydroxylation sites is 1. The van der Waals surface area contributed by atoms with E-state index in [9.17, 15) is 4.79 Å². The van der Waals surface area contributed by atoms with Crippen molar-refractivity contribution in [3.63, 3.8) is 0 Å². The summed E-state index contributed by atoms with van der Waals surface area (Å²) in [7, 11) is 0. The zero-order valence-electron chi connectivity index (χ0n) is 11.9. The second-order valence-corrected chi connectivity index (χ2v) is 5.54. The molecule has 0 fully saturated rings. The Hall–Kier alpha value is -1.55. The number of hydrogen-bond acceptors (Lipinski definition) is 3. The number of rotatable bonds is 5. The topological polar surface area (TPSA) is 58.4 Å². The zero-order chi connectivity index (χ0) is 14.0. The van der Waals surface area contributed by atoms with Crippen LogP contribution >= 0.6 is 0 Å². The maximum absolute atomic E-state index is 11.8. The summed E-state index contributed by atoms with van der Waals surface area (Å²) < 4.78 is 0.